The number of benzene rings is 1. The molecule has 0 atom stereocenters. The van der Waals surface area contributed by atoms with Crippen molar-refractivity contribution < 1.29 is 9.90 Å². The zero-order valence-electron chi connectivity index (χ0n) is 10.8. The van der Waals surface area contributed by atoms with Gasteiger partial charge in [0.2, 0.25) is 0 Å². The van der Waals surface area contributed by atoms with Gasteiger partial charge in [-0.05, 0) is 30.5 Å². The van der Waals surface area contributed by atoms with Gasteiger partial charge < -0.3 is 9.67 Å². The van der Waals surface area contributed by atoms with E-state index in [4.69, 9.17) is 5.11 Å². The van der Waals surface area contributed by atoms with Gasteiger partial charge in [-0.15, -0.1) is 0 Å². The molecule has 0 aliphatic heterocycles. The number of nitrogens with zero attached hydrogens (tertiary/aromatic N) is 2. The number of rotatable bonds is 5. The van der Waals surface area contributed by atoms with Crippen LogP contribution in [0.25, 0.3) is 11.0 Å². The van der Waals surface area contributed by atoms with Crippen molar-refractivity contribution in [1.82, 2.24) is 9.55 Å². The van der Waals surface area contributed by atoms with Gasteiger partial charge in [0.05, 0.1) is 11.0 Å². The van der Waals surface area contributed by atoms with E-state index < -0.39 is 5.97 Å². The third-order valence-corrected chi connectivity index (χ3v) is 3.06. The van der Waals surface area contributed by atoms with Crippen molar-refractivity contribution in [3.63, 3.8) is 0 Å². The van der Waals surface area contributed by atoms with Gasteiger partial charge in [0.15, 0.2) is 0 Å². The summed E-state index contributed by atoms with van der Waals surface area (Å²) in [6.07, 6.45) is 1.91. The summed E-state index contributed by atoms with van der Waals surface area (Å²) in [6.45, 7) is 4.99. The minimum absolute atomic E-state index is 0.0177. The van der Waals surface area contributed by atoms with Gasteiger partial charge in [-0.25, -0.2) is 4.98 Å². The van der Waals surface area contributed by atoms with E-state index >= 15 is 0 Å². The third-order valence-electron chi connectivity index (χ3n) is 3.06. The maximum absolute atomic E-state index is 10.9. The average Bonchev–Trinajstić information content (AvgIpc) is 2.66. The summed E-state index contributed by atoms with van der Waals surface area (Å²) in [5.74, 6) is -0.189. The predicted molar refractivity (Wildman–Crippen MR) is 70.7 cm³/mol. The van der Waals surface area contributed by atoms with Crippen LogP contribution >= 0.6 is 0 Å². The fraction of sp³-hybridized carbons (Fsp3) is 0.429. The molecule has 2 rings (SSSR count). The molecule has 0 saturated carbocycles. The number of carboxylic acid groups (broad SMARTS) is 1. The molecule has 1 N–H and O–H groups in total. The van der Waals surface area contributed by atoms with Gasteiger partial charge in [0.25, 0.3) is 0 Å². The number of carboxylic acids is 1. The summed E-state index contributed by atoms with van der Waals surface area (Å²) in [7, 11) is 0. The molecule has 4 nitrogen and oxygen atoms in total. The van der Waals surface area contributed by atoms with Crippen molar-refractivity contribution in [2.24, 2.45) is 0 Å². The van der Waals surface area contributed by atoms with E-state index in [0.29, 0.717) is 5.82 Å². The van der Waals surface area contributed by atoms with E-state index in [2.05, 4.69) is 24.9 Å². The van der Waals surface area contributed by atoms with Gasteiger partial charge >= 0.3 is 5.97 Å². The van der Waals surface area contributed by atoms with Crippen molar-refractivity contribution in [2.75, 3.05) is 0 Å². The Bertz CT molecular complexity index is 572. The van der Waals surface area contributed by atoms with Crippen molar-refractivity contribution in [3.05, 3.63) is 29.6 Å². The Hall–Kier alpha value is -1.84. The Labute approximate surface area is 106 Å². The zero-order valence-corrected chi connectivity index (χ0v) is 10.8. The van der Waals surface area contributed by atoms with E-state index in [1.54, 1.807) is 0 Å². The zero-order chi connectivity index (χ0) is 13.1. The van der Waals surface area contributed by atoms with Crippen LogP contribution in [0.3, 0.4) is 0 Å². The lowest BCUT2D eigenvalue weighted by Crippen LogP contribution is -2.09. The SMILES string of the molecule is CCCn1c(CC(=O)O)nc2cc(CC)ccc21. The largest absolute Gasteiger partial charge is 0.481 e. The number of aliphatic carboxylic acids is 1. The molecular weight excluding hydrogens is 228 g/mol. The Morgan fingerprint density at radius 1 is 1.39 bits per heavy atom. The quantitative estimate of drug-likeness (QED) is 0.882. The fourth-order valence-corrected chi connectivity index (χ4v) is 2.19. The van der Waals surface area contributed by atoms with Crippen LogP contribution in [0.1, 0.15) is 31.7 Å². The lowest BCUT2D eigenvalue weighted by Gasteiger charge is -2.06. The number of imidazole rings is 1. The third kappa shape index (κ3) is 2.37. The van der Waals surface area contributed by atoms with Crippen LogP contribution in [0.5, 0.6) is 0 Å². The van der Waals surface area contributed by atoms with Crippen LogP contribution < -0.4 is 0 Å². The normalized spacial score (nSPS) is 11.0. The highest BCUT2D eigenvalue weighted by molar-refractivity contribution is 5.78. The highest BCUT2D eigenvalue weighted by Gasteiger charge is 2.13. The summed E-state index contributed by atoms with van der Waals surface area (Å²) < 4.78 is 2.02. The summed E-state index contributed by atoms with van der Waals surface area (Å²) in [4.78, 5) is 15.3. The second-order valence-electron chi connectivity index (χ2n) is 4.43. The molecule has 1 aromatic carbocycles. The minimum atomic E-state index is -0.835. The van der Waals surface area contributed by atoms with Gasteiger partial charge in [-0.1, -0.05) is 19.9 Å². The van der Waals surface area contributed by atoms with E-state index in [1.807, 2.05) is 16.7 Å². The maximum atomic E-state index is 10.9. The first-order valence-corrected chi connectivity index (χ1v) is 6.35. The number of aryl methyl sites for hydroxylation is 2. The van der Waals surface area contributed by atoms with Crippen LogP contribution in [0.4, 0.5) is 0 Å². The number of carbonyl (C=O) groups is 1. The average molecular weight is 246 g/mol. The first-order valence-electron chi connectivity index (χ1n) is 6.35. The van der Waals surface area contributed by atoms with Crippen molar-refractivity contribution in [1.29, 1.82) is 0 Å². The minimum Gasteiger partial charge on any atom is -0.481 e. The lowest BCUT2D eigenvalue weighted by molar-refractivity contribution is -0.136. The monoisotopic (exact) mass is 246 g/mol. The van der Waals surface area contributed by atoms with Gasteiger partial charge in [0, 0.05) is 6.54 Å². The number of hydrogen-bond donors (Lipinski definition) is 1. The summed E-state index contributed by atoms with van der Waals surface area (Å²) in [5.41, 5.74) is 3.16. The fourth-order valence-electron chi connectivity index (χ4n) is 2.19. The van der Waals surface area contributed by atoms with Crippen molar-refractivity contribution in [3.8, 4) is 0 Å². The van der Waals surface area contributed by atoms with E-state index in [1.165, 1.54) is 5.56 Å². The first-order chi connectivity index (χ1) is 8.65. The summed E-state index contributed by atoms with van der Waals surface area (Å²) >= 11 is 0. The number of aromatic nitrogens is 2. The molecule has 1 heterocycles. The Morgan fingerprint density at radius 3 is 2.78 bits per heavy atom. The smallest absolute Gasteiger partial charge is 0.311 e. The standard InChI is InChI=1S/C14H18N2O2/c1-3-7-16-12-6-5-10(4-2)8-11(12)15-13(16)9-14(17)18/h5-6,8H,3-4,7,9H2,1-2H3,(H,17,18). The molecule has 18 heavy (non-hydrogen) atoms. The molecule has 0 aliphatic carbocycles. The van der Waals surface area contributed by atoms with Crippen LogP contribution in [0.15, 0.2) is 18.2 Å². The number of hydrogen-bond acceptors (Lipinski definition) is 2. The molecule has 96 valence electrons. The summed E-state index contributed by atoms with van der Waals surface area (Å²) in [6, 6.07) is 6.18. The second kappa shape index (κ2) is 5.21. The van der Waals surface area contributed by atoms with Gasteiger partial charge in [-0.3, -0.25) is 4.79 Å². The Balaban J connectivity index is 2.54. The van der Waals surface area contributed by atoms with Crippen molar-refractivity contribution in [2.45, 2.75) is 39.7 Å². The number of fused-ring (bicyclic) bond motifs is 1. The topological polar surface area (TPSA) is 55.1 Å². The lowest BCUT2D eigenvalue weighted by atomic mass is 10.1. The molecule has 0 bridgehead atoms. The molecule has 0 fully saturated rings. The Kier molecular flexibility index (Phi) is 3.65. The molecule has 2 aromatic rings. The second-order valence-corrected chi connectivity index (χ2v) is 4.43. The molecule has 1 aromatic heterocycles. The molecule has 0 saturated heterocycles. The van der Waals surface area contributed by atoms with Gasteiger partial charge in [0.1, 0.15) is 12.2 Å². The van der Waals surface area contributed by atoms with E-state index in [9.17, 15) is 4.79 Å². The molecule has 4 heteroatoms. The van der Waals surface area contributed by atoms with Crippen LogP contribution in [0.2, 0.25) is 0 Å². The van der Waals surface area contributed by atoms with E-state index in [-0.39, 0.29) is 6.42 Å². The Morgan fingerprint density at radius 2 is 2.17 bits per heavy atom. The van der Waals surface area contributed by atoms with Crippen LogP contribution in [-0.4, -0.2) is 20.6 Å². The van der Waals surface area contributed by atoms with E-state index in [0.717, 1.165) is 30.4 Å². The maximum Gasteiger partial charge on any atom is 0.311 e. The molecular formula is C14H18N2O2. The van der Waals surface area contributed by atoms with Crippen LogP contribution in [-0.2, 0) is 24.2 Å². The highest BCUT2D eigenvalue weighted by Crippen LogP contribution is 2.19. The highest BCUT2D eigenvalue weighted by atomic mass is 16.4. The molecule has 0 amide bonds. The van der Waals surface area contributed by atoms with Crippen molar-refractivity contribution >= 4 is 17.0 Å². The molecule has 0 spiro atoms. The van der Waals surface area contributed by atoms with Gasteiger partial charge in [-0.2, -0.15) is 0 Å². The summed E-state index contributed by atoms with van der Waals surface area (Å²) in [5, 5.41) is 8.93. The molecule has 0 radical (unpaired) electrons. The molecule has 0 aliphatic rings. The molecule has 0 unspecified atom stereocenters. The predicted octanol–water partition coefficient (Wildman–Crippen LogP) is 2.64. The first kappa shape index (κ1) is 12.6. The van der Waals surface area contributed by atoms with Crippen LogP contribution in [0, 0.1) is 0 Å².